The normalized spacial score (nSPS) is 11.0. The van der Waals surface area contributed by atoms with E-state index in [4.69, 9.17) is 0 Å². The van der Waals surface area contributed by atoms with Crippen molar-refractivity contribution in [2.75, 3.05) is 13.1 Å². The summed E-state index contributed by atoms with van der Waals surface area (Å²) < 4.78 is 0. The smallest absolute Gasteiger partial charge is 0.232 e. The van der Waals surface area contributed by atoms with Crippen molar-refractivity contribution in [2.45, 2.75) is 63.2 Å². The second-order valence-electron chi connectivity index (χ2n) is 10.9. The molecule has 0 heterocycles. The number of unbranched alkanes of at least 4 members (excludes halogenated alkanes) is 7. The molecule has 0 aromatic heterocycles. The molecule has 0 atom stereocenters. The maximum Gasteiger partial charge on any atom is 0.232 e. The molecule has 0 saturated carbocycles. The molecule has 4 aromatic rings. The van der Waals surface area contributed by atoms with Crippen molar-refractivity contribution in [1.82, 2.24) is 10.6 Å². The Balaban J connectivity index is 1.07. The number of carbonyl (C=O) groups excluding carboxylic acids is 2. The van der Waals surface area contributed by atoms with Crippen LogP contribution in [-0.4, -0.2) is 24.9 Å². The van der Waals surface area contributed by atoms with Crippen LogP contribution in [0, 0.1) is 0 Å². The van der Waals surface area contributed by atoms with Crippen LogP contribution in [-0.2, 0) is 9.59 Å². The quantitative estimate of drug-likeness (QED) is 0.129. The Kier molecular flexibility index (Phi) is 12.9. The second kappa shape index (κ2) is 17.6. The van der Waals surface area contributed by atoms with Gasteiger partial charge in [-0.25, -0.2) is 0 Å². The van der Waals surface area contributed by atoms with Crippen molar-refractivity contribution >= 4 is 11.8 Å². The van der Waals surface area contributed by atoms with Crippen LogP contribution < -0.4 is 10.6 Å². The van der Waals surface area contributed by atoms with Gasteiger partial charge in [-0.2, -0.15) is 0 Å². The molecular weight excluding hydrogens is 516 g/mol. The molecule has 0 bridgehead atoms. The number of carbonyl (C=O) groups is 2. The highest BCUT2D eigenvalue weighted by Gasteiger charge is 2.23. The minimum Gasteiger partial charge on any atom is -0.355 e. The molecule has 2 amide bonds. The first-order valence-electron chi connectivity index (χ1n) is 15.5. The lowest BCUT2D eigenvalue weighted by Crippen LogP contribution is -2.30. The van der Waals surface area contributed by atoms with Crippen LogP contribution in [0.15, 0.2) is 121 Å². The van der Waals surface area contributed by atoms with E-state index in [-0.39, 0.29) is 23.7 Å². The zero-order valence-electron chi connectivity index (χ0n) is 24.6. The highest BCUT2D eigenvalue weighted by Crippen LogP contribution is 2.26. The van der Waals surface area contributed by atoms with Gasteiger partial charge in [-0.3, -0.25) is 9.59 Å². The highest BCUT2D eigenvalue weighted by atomic mass is 16.2. The topological polar surface area (TPSA) is 58.2 Å². The fourth-order valence-corrected chi connectivity index (χ4v) is 5.51. The molecule has 0 fully saturated rings. The van der Waals surface area contributed by atoms with Crippen molar-refractivity contribution in [1.29, 1.82) is 0 Å². The predicted octanol–water partition coefficient (Wildman–Crippen LogP) is 8.00. The number of hydrogen-bond donors (Lipinski definition) is 2. The van der Waals surface area contributed by atoms with Gasteiger partial charge in [0.15, 0.2) is 0 Å². The Hall–Kier alpha value is -4.18. The molecule has 2 N–H and O–H groups in total. The van der Waals surface area contributed by atoms with E-state index in [1.54, 1.807) is 0 Å². The maximum atomic E-state index is 13.1. The van der Waals surface area contributed by atoms with Crippen LogP contribution >= 0.6 is 0 Å². The molecule has 0 saturated heterocycles. The lowest BCUT2D eigenvalue weighted by molar-refractivity contribution is -0.122. The number of benzene rings is 4. The summed E-state index contributed by atoms with van der Waals surface area (Å²) in [5.74, 6) is -0.420. The van der Waals surface area contributed by atoms with Crippen LogP contribution in [0.2, 0.25) is 0 Å². The first kappa shape index (κ1) is 30.8. The number of hydrogen-bond acceptors (Lipinski definition) is 2. The van der Waals surface area contributed by atoms with Gasteiger partial charge in [0, 0.05) is 13.1 Å². The number of nitrogens with one attached hydrogen (secondary N) is 2. The molecule has 4 aromatic carbocycles. The Bertz CT molecular complexity index is 1130. The molecule has 4 nitrogen and oxygen atoms in total. The molecular formula is C38H44N2O2. The van der Waals surface area contributed by atoms with E-state index >= 15 is 0 Å². The summed E-state index contributed by atoms with van der Waals surface area (Å²) in [4.78, 5) is 26.2. The van der Waals surface area contributed by atoms with Gasteiger partial charge >= 0.3 is 0 Å². The van der Waals surface area contributed by atoms with Crippen LogP contribution in [0.4, 0.5) is 0 Å². The zero-order valence-corrected chi connectivity index (χ0v) is 24.6. The van der Waals surface area contributed by atoms with Crippen LogP contribution in [0.1, 0.15) is 85.5 Å². The van der Waals surface area contributed by atoms with E-state index in [0.717, 1.165) is 47.9 Å². The lowest BCUT2D eigenvalue weighted by Gasteiger charge is -2.18. The first-order valence-corrected chi connectivity index (χ1v) is 15.5. The largest absolute Gasteiger partial charge is 0.355 e. The molecule has 0 unspecified atom stereocenters. The minimum atomic E-state index is -0.278. The lowest BCUT2D eigenvalue weighted by atomic mass is 9.90. The summed E-state index contributed by atoms with van der Waals surface area (Å²) >= 11 is 0. The van der Waals surface area contributed by atoms with Crippen LogP contribution in [0.3, 0.4) is 0 Å². The van der Waals surface area contributed by atoms with Crippen molar-refractivity contribution in [3.8, 4) is 0 Å². The van der Waals surface area contributed by atoms with E-state index < -0.39 is 0 Å². The van der Waals surface area contributed by atoms with E-state index in [9.17, 15) is 9.59 Å². The molecule has 218 valence electrons. The fraction of sp³-hybridized carbons (Fsp3) is 0.316. The molecule has 0 aliphatic carbocycles. The summed E-state index contributed by atoms with van der Waals surface area (Å²) in [6.45, 7) is 1.42. The van der Waals surface area contributed by atoms with E-state index in [2.05, 4.69) is 10.6 Å². The van der Waals surface area contributed by atoms with E-state index in [1.807, 2.05) is 121 Å². The molecule has 0 aliphatic heterocycles. The predicted molar refractivity (Wildman–Crippen MR) is 172 cm³/mol. The van der Waals surface area contributed by atoms with E-state index in [1.165, 1.54) is 25.7 Å². The molecule has 0 radical (unpaired) electrons. The average Bonchev–Trinajstić information content (AvgIpc) is 3.04. The zero-order chi connectivity index (χ0) is 29.2. The van der Waals surface area contributed by atoms with Gasteiger partial charge in [0.2, 0.25) is 11.8 Å². The fourth-order valence-electron chi connectivity index (χ4n) is 5.51. The van der Waals surface area contributed by atoms with E-state index in [0.29, 0.717) is 13.1 Å². The third-order valence-electron chi connectivity index (χ3n) is 7.76. The number of amides is 2. The van der Waals surface area contributed by atoms with Gasteiger partial charge in [-0.15, -0.1) is 0 Å². The SMILES string of the molecule is O=C(NCCCCCCCCCCNC(=O)C(c1ccccc1)c1ccccc1)C(c1ccccc1)c1ccccc1. The molecule has 42 heavy (non-hydrogen) atoms. The second-order valence-corrected chi connectivity index (χ2v) is 10.9. The van der Waals surface area contributed by atoms with Crippen molar-refractivity contribution in [3.63, 3.8) is 0 Å². The number of rotatable bonds is 17. The van der Waals surface area contributed by atoms with Gasteiger partial charge in [-0.05, 0) is 35.1 Å². The standard InChI is InChI=1S/C38H44N2O2/c41-37(35(31-21-11-7-12-22-31)32-23-13-8-14-24-32)39-29-19-5-3-1-2-4-6-20-30-40-38(42)36(33-25-15-9-16-26-33)34-27-17-10-18-28-34/h7-18,21-28,35-36H,1-6,19-20,29-30H2,(H,39,41)(H,40,42). The monoisotopic (exact) mass is 560 g/mol. The summed E-state index contributed by atoms with van der Waals surface area (Å²) in [5.41, 5.74) is 4.09. The van der Waals surface area contributed by atoms with Gasteiger partial charge in [0.25, 0.3) is 0 Å². The Morgan fingerprint density at radius 2 is 0.619 bits per heavy atom. The third-order valence-corrected chi connectivity index (χ3v) is 7.76. The van der Waals surface area contributed by atoms with Crippen LogP contribution in [0.5, 0.6) is 0 Å². The van der Waals surface area contributed by atoms with Gasteiger partial charge in [-0.1, -0.05) is 160 Å². The minimum absolute atomic E-state index is 0.0679. The van der Waals surface area contributed by atoms with Gasteiger partial charge < -0.3 is 10.6 Å². The van der Waals surface area contributed by atoms with Crippen molar-refractivity contribution < 1.29 is 9.59 Å². The van der Waals surface area contributed by atoms with Gasteiger partial charge in [0.1, 0.15) is 0 Å². The highest BCUT2D eigenvalue weighted by molar-refractivity contribution is 5.87. The Labute approximate surface area is 251 Å². The molecule has 4 rings (SSSR count). The van der Waals surface area contributed by atoms with Crippen LogP contribution in [0.25, 0.3) is 0 Å². The first-order chi connectivity index (χ1) is 20.7. The molecule has 0 spiro atoms. The molecule has 4 heteroatoms. The Morgan fingerprint density at radius 1 is 0.381 bits per heavy atom. The van der Waals surface area contributed by atoms with Crippen molar-refractivity contribution in [3.05, 3.63) is 144 Å². The third kappa shape index (κ3) is 9.73. The summed E-state index contributed by atoms with van der Waals surface area (Å²) in [5, 5.41) is 6.34. The summed E-state index contributed by atoms with van der Waals surface area (Å²) in [6, 6.07) is 40.0. The Morgan fingerprint density at radius 3 is 0.881 bits per heavy atom. The summed E-state index contributed by atoms with van der Waals surface area (Å²) in [6.07, 6.45) is 9.03. The van der Waals surface area contributed by atoms with Crippen molar-refractivity contribution in [2.24, 2.45) is 0 Å². The summed E-state index contributed by atoms with van der Waals surface area (Å²) in [7, 11) is 0. The average molecular weight is 561 g/mol. The van der Waals surface area contributed by atoms with Gasteiger partial charge in [0.05, 0.1) is 11.8 Å². The molecule has 0 aliphatic rings. The maximum absolute atomic E-state index is 13.1.